The minimum Gasteiger partial charge on any atom is -0.481 e. The van der Waals surface area contributed by atoms with Crippen LogP contribution in [0.2, 0.25) is 0 Å². The molecular formula is C13H25NO3. The summed E-state index contributed by atoms with van der Waals surface area (Å²) in [5.41, 5.74) is -0.651. The lowest BCUT2D eigenvalue weighted by molar-refractivity contribution is -0.137. The molecule has 2 atom stereocenters. The van der Waals surface area contributed by atoms with Crippen LogP contribution in [-0.2, 0) is 4.79 Å². The first kappa shape index (κ1) is 14.5. The lowest BCUT2D eigenvalue weighted by Crippen LogP contribution is -2.43. The number of hydrogen-bond donors (Lipinski definition) is 2. The van der Waals surface area contributed by atoms with Gasteiger partial charge in [0.25, 0.3) is 0 Å². The zero-order valence-corrected chi connectivity index (χ0v) is 11.1. The molecule has 17 heavy (non-hydrogen) atoms. The van der Waals surface area contributed by atoms with Crippen molar-refractivity contribution in [3.05, 3.63) is 0 Å². The summed E-state index contributed by atoms with van der Waals surface area (Å²) in [6.07, 6.45) is 2.08. The third kappa shape index (κ3) is 4.64. The normalized spacial score (nSPS) is 25.1. The van der Waals surface area contributed by atoms with E-state index < -0.39 is 11.6 Å². The Morgan fingerprint density at radius 2 is 2.18 bits per heavy atom. The Kier molecular flexibility index (Phi) is 4.95. The van der Waals surface area contributed by atoms with E-state index in [1.54, 1.807) is 0 Å². The summed E-state index contributed by atoms with van der Waals surface area (Å²) in [4.78, 5) is 12.8. The molecule has 0 amide bonds. The van der Waals surface area contributed by atoms with Crippen molar-refractivity contribution in [3.63, 3.8) is 0 Å². The monoisotopic (exact) mass is 243 g/mol. The van der Waals surface area contributed by atoms with Gasteiger partial charge < -0.3 is 15.1 Å². The number of aliphatic carboxylic acids is 1. The van der Waals surface area contributed by atoms with Crippen molar-refractivity contribution in [1.82, 2.24) is 4.90 Å². The number of hydrogen-bond acceptors (Lipinski definition) is 3. The summed E-state index contributed by atoms with van der Waals surface area (Å²) in [6, 6.07) is 0. The van der Waals surface area contributed by atoms with Gasteiger partial charge in [0, 0.05) is 19.5 Å². The predicted octanol–water partition coefficient (Wildman–Crippen LogP) is 1.58. The summed E-state index contributed by atoms with van der Waals surface area (Å²) in [7, 11) is 0. The molecule has 2 unspecified atom stereocenters. The highest BCUT2D eigenvalue weighted by Gasteiger charge is 2.31. The summed E-state index contributed by atoms with van der Waals surface area (Å²) >= 11 is 0. The second-order valence-electron chi connectivity index (χ2n) is 5.83. The van der Waals surface area contributed by atoms with Crippen molar-refractivity contribution < 1.29 is 15.0 Å². The molecule has 0 aromatic heterocycles. The van der Waals surface area contributed by atoms with E-state index in [1.165, 1.54) is 0 Å². The van der Waals surface area contributed by atoms with Gasteiger partial charge in [0.2, 0.25) is 0 Å². The molecule has 100 valence electrons. The zero-order valence-electron chi connectivity index (χ0n) is 11.1. The molecule has 1 heterocycles. The minimum absolute atomic E-state index is 0.237. The third-order valence-electron chi connectivity index (χ3n) is 3.92. The first-order valence-corrected chi connectivity index (χ1v) is 6.48. The fraction of sp³-hybridized carbons (Fsp3) is 0.923. The van der Waals surface area contributed by atoms with Gasteiger partial charge in [-0.3, -0.25) is 4.79 Å². The van der Waals surface area contributed by atoms with Crippen molar-refractivity contribution in [1.29, 1.82) is 0 Å². The van der Waals surface area contributed by atoms with Gasteiger partial charge in [-0.2, -0.15) is 0 Å². The number of nitrogens with zero attached hydrogens (tertiary/aromatic N) is 1. The van der Waals surface area contributed by atoms with Gasteiger partial charge in [-0.15, -0.1) is 0 Å². The SMILES string of the molecule is CC(C)C(C)(O)CN1CCC(CCC(=O)O)C1. The molecule has 0 aromatic rings. The molecule has 1 saturated heterocycles. The van der Waals surface area contributed by atoms with Crippen molar-refractivity contribution in [2.24, 2.45) is 11.8 Å². The summed E-state index contributed by atoms with van der Waals surface area (Å²) in [5.74, 6) is 0.00672. The zero-order chi connectivity index (χ0) is 13.1. The third-order valence-corrected chi connectivity index (χ3v) is 3.92. The average molecular weight is 243 g/mol. The van der Waals surface area contributed by atoms with E-state index in [2.05, 4.69) is 4.90 Å². The van der Waals surface area contributed by atoms with Gasteiger partial charge in [-0.25, -0.2) is 0 Å². The molecule has 4 nitrogen and oxygen atoms in total. The Morgan fingerprint density at radius 1 is 1.53 bits per heavy atom. The number of rotatable bonds is 6. The highest BCUT2D eigenvalue weighted by atomic mass is 16.4. The first-order valence-electron chi connectivity index (χ1n) is 6.48. The molecule has 1 fully saturated rings. The predicted molar refractivity (Wildman–Crippen MR) is 66.9 cm³/mol. The van der Waals surface area contributed by atoms with Crippen LogP contribution in [0.4, 0.5) is 0 Å². The highest BCUT2D eigenvalue weighted by Crippen LogP contribution is 2.25. The Bertz CT molecular complexity index is 263. The quantitative estimate of drug-likeness (QED) is 0.743. The molecule has 4 heteroatoms. The van der Waals surface area contributed by atoms with E-state index in [1.807, 2.05) is 20.8 Å². The van der Waals surface area contributed by atoms with Gasteiger partial charge in [0.15, 0.2) is 0 Å². The van der Waals surface area contributed by atoms with E-state index in [0.29, 0.717) is 12.5 Å². The molecule has 0 spiro atoms. The smallest absolute Gasteiger partial charge is 0.303 e. The standard InChI is InChI=1S/C13H25NO3/c1-10(2)13(3,17)9-14-7-6-11(8-14)4-5-12(15)16/h10-11,17H,4-9H2,1-3H3,(H,15,16). The maximum atomic E-state index is 10.5. The minimum atomic E-state index is -0.711. The van der Waals surface area contributed by atoms with Crippen LogP contribution < -0.4 is 0 Å². The van der Waals surface area contributed by atoms with E-state index in [4.69, 9.17) is 5.11 Å². The topological polar surface area (TPSA) is 60.8 Å². The van der Waals surface area contributed by atoms with Crippen LogP contribution in [-0.4, -0.2) is 46.3 Å². The van der Waals surface area contributed by atoms with Crippen LogP contribution in [0.5, 0.6) is 0 Å². The van der Waals surface area contributed by atoms with Crippen LogP contribution >= 0.6 is 0 Å². The fourth-order valence-corrected chi connectivity index (χ4v) is 2.25. The van der Waals surface area contributed by atoms with Gasteiger partial charge in [-0.05, 0) is 38.1 Å². The number of β-amino-alcohol motifs (C(OH)–C–C–N with tert-alkyl or cyclic N) is 1. The lowest BCUT2D eigenvalue weighted by Gasteiger charge is -2.32. The Hall–Kier alpha value is -0.610. The molecular weight excluding hydrogens is 218 g/mol. The molecule has 1 aliphatic rings. The van der Waals surface area contributed by atoms with Crippen molar-refractivity contribution in [2.75, 3.05) is 19.6 Å². The number of carboxylic acids is 1. The number of aliphatic hydroxyl groups is 1. The van der Waals surface area contributed by atoms with E-state index >= 15 is 0 Å². The molecule has 0 aliphatic carbocycles. The molecule has 0 radical (unpaired) electrons. The number of carbonyl (C=O) groups is 1. The number of likely N-dealkylation sites (tertiary alicyclic amines) is 1. The molecule has 0 saturated carbocycles. The Labute approximate surface area is 104 Å². The summed E-state index contributed by atoms with van der Waals surface area (Å²) < 4.78 is 0. The molecule has 0 bridgehead atoms. The molecule has 1 rings (SSSR count). The maximum Gasteiger partial charge on any atom is 0.303 e. The Morgan fingerprint density at radius 3 is 2.71 bits per heavy atom. The molecule has 2 N–H and O–H groups in total. The average Bonchev–Trinajstić information content (AvgIpc) is 2.61. The van der Waals surface area contributed by atoms with Crippen LogP contribution in [0.15, 0.2) is 0 Å². The first-order chi connectivity index (χ1) is 7.81. The van der Waals surface area contributed by atoms with Crippen molar-refractivity contribution in [3.8, 4) is 0 Å². The highest BCUT2D eigenvalue weighted by molar-refractivity contribution is 5.66. The van der Waals surface area contributed by atoms with Crippen LogP contribution in [0, 0.1) is 11.8 Å². The van der Waals surface area contributed by atoms with Gasteiger partial charge in [0.05, 0.1) is 5.60 Å². The largest absolute Gasteiger partial charge is 0.481 e. The van der Waals surface area contributed by atoms with Crippen molar-refractivity contribution in [2.45, 2.75) is 45.6 Å². The summed E-state index contributed by atoms with van der Waals surface area (Å²) in [5, 5.41) is 18.9. The van der Waals surface area contributed by atoms with Crippen molar-refractivity contribution >= 4 is 5.97 Å². The molecule has 0 aromatic carbocycles. The van der Waals surface area contributed by atoms with Gasteiger partial charge in [-0.1, -0.05) is 13.8 Å². The lowest BCUT2D eigenvalue weighted by atomic mass is 9.92. The van der Waals surface area contributed by atoms with Gasteiger partial charge in [0.1, 0.15) is 0 Å². The Balaban J connectivity index is 2.33. The van der Waals surface area contributed by atoms with Crippen LogP contribution in [0.1, 0.15) is 40.0 Å². The second kappa shape index (κ2) is 5.83. The second-order valence-corrected chi connectivity index (χ2v) is 5.83. The van der Waals surface area contributed by atoms with E-state index in [9.17, 15) is 9.90 Å². The summed E-state index contributed by atoms with van der Waals surface area (Å²) in [6.45, 7) is 8.52. The van der Waals surface area contributed by atoms with E-state index in [0.717, 1.165) is 25.9 Å². The molecule has 1 aliphatic heterocycles. The number of carboxylic acid groups (broad SMARTS) is 1. The van der Waals surface area contributed by atoms with Crippen LogP contribution in [0.3, 0.4) is 0 Å². The van der Waals surface area contributed by atoms with Crippen LogP contribution in [0.25, 0.3) is 0 Å². The van der Waals surface area contributed by atoms with E-state index in [-0.39, 0.29) is 12.3 Å². The van der Waals surface area contributed by atoms with Gasteiger partial charge >= 0.3 is 5.97 Å². The fourth-order valence-electron chi connectivity index (χ4n) is 2.25. The maximum absolute atomic E-state index is 10.5.